The molecule has 1 amide bonds. The molecule has 0 bridgehead atoms. The first kappa shape index (κ1) is 22.2. The maximum absolute atomic E-state index is 12.5. The quantitative estimate of drug-likeness (QED) is 0.226. The Hall–Kier alpha value is -4.28. The molecule has 4 aromatic heterocycles. The standard InChI is InChI=1S/C26H17N3O5S2/c1-32-20(31)10-19(30)28-26-22-16(12-36-26)14-7-3-5-9-18(14)34-24(22)29-25-21-15(11-35-25)13-6-2-4-8-17(13)33-23(21)27/h2-9,11-12,27H,10H2,1H3,(H,28,30)/b27-23?,29-24-. The third kappa shape index (κ3) is 3.67. The van der Waals surface area contributed by atoms with Gasteiger partial charge in [0.2, 0.25) is 17.0 Å². The van der Waals surface area contributed by atoms with E-state index in [9.17, 15) is 9.59 Å². The minimum atomic E-state index is -0.627. The summed E-state index contributed by atoms with van der Waals surface area (Å²) in [5.74, 6) is -1.12. The second-order valence-corrected chi connectivity index (χ2v) is 9.66. The van der Waals surface area contributed by atoms with Crippen LogP contribution in [0.3, 0.4) is 0 Å². The van der Waals surface area contributed by atoms with E-state index in [1.165, 1.54) is 29.8 Å². The summed E-state index contributed by atoms with van der Waals surface area (Å²) in [5.41, 5.74) is 1.56. The molecule has 0 saturated heterocycles. The molecule has 0 aliphatic carbocycles. The van der Waals surface area contributed by atoms with Crippen LogP contribution in [0, 0.1) is 5.41 Å². The lowest BCUT2D eigenvalue weighted by atomic mass is 10.1. The number of nitrogens with one attached hydrogen (secondary N) is 2. The van der Waals surface area contributed by atoms with Gasteiger partial charge in [0.05, 0.1) is 17.9 Å². The first-order valence-electron chi connectivity index (χ1n) is 10.9. The van der Waals surface area contributed by atoms with Crippen molar-refractivity contribution < 1.29 is 23.2 Å². The van der Waals surface area contributed by atoms with Crippen molar-refractivity contribution in [2.45, 2.75) is 6.42 Å². The molecular weight excluding hydrogens is 498 g/mol. The van der Waals surface area contributed by atoms with Gasteiger partial charge in [-0.2, -0.15) is 0 Å². The summed E-state index contributed by atoms with van der Waals surface area (Å²) in [6, 6.07) is 15.1. The van der Waals surface area contributed by atoms with Crippen molar-refractivity contribution in [2.75, 3.05) is 12.4 Å². The molecule has 0 spiro atoms. The third-order valence-corrected chi connectivity index (χ3v) is 7.53. The van der Waals surface area contributed by atoms with Gasteiger partial charge in [-0.3, -0.25) is 15.0 Å². The number of fused-ring (bicyclic) bond motifs is 6. The van der Waals surface area contributed by atoms with Crippen LogP contribution in [-0.2, 0) is 14.3 Å². The lowest BCUT2D eigenvalue weighted by molar-refractivity contribution is -0.142. The highest BCUT2D eigenvalue weighted by Crippen LogP contribution is 2.37. The van der Waals surface area contributed by atoms with Crippen molar-refractivity contribution >= 4 is 88.0 Å². The fourth-order valence-corrected chi connectivity index (χ4v) is 6.02. The van der Waals surface area contributed by atoms with Gasteiger partial charge in [0.15, 0.2) is 0 Å². The third-order valence-electron chi connectivity index (χ3n) is 5.77. The van der Waals surface area contributed by atoms with E-state index in [2.05, 4.69) is 10.1 Å². The van der Waals surface area contributed by atoms with Crippen molar-refractivity contribution in [3.8, 4) is 0 Å². The molecule has 2 aromatic carbocycles. The SMILES string of the molecule is COC(=O)CC(=O)Nc1scc2c1/c(=N/c1scc3c1c(=N)oc1ccccc13)oc1ccccc12. The average molecular weight is 516 g/mol. The van der Waals surface area contributed by atoms with E-state index in [0.717, 1.165) is 21.5 Å². The van der Waals surface area contributed by atoms with Gasteiger partial charge in [-0.05, 0) is 12.1 Å². The van der Waals surface area contributed by atoms with E-state index in [4.69, 9.17) is 19.2 Å². The Labute approximate surface area is 210 Å². The summed E-state index contributed by atoms with van der Waals surface area (Å²) in [5, 5.41) is 20.9. The summed E-state index contributed by atoms with van der Waals surface area (Å²) >= 11 is 2.70. The van der Waals surface area contributed by atoms with Gasteiger partial charge in [-0.25, -0.2) is 4.99 Å². The van der Waals surface area contributed by atoms with E-state index in [-0.39, 0.29) is 11.1 Å². The summed E-state index contributed by atoms with van der Waals surface area (Å²) in [4.78, 5) is 28.9. The largest absolute Gasteiger partial charge is 0.469 e. The first-order chi connectivity index (χ1) is 17.5. The Morgan fingerprint density at radius 2 is 1.56 bits per heavy atom. The number of amides is 1. The summed E-state index contributed by atoms with van der Waals surface area (Å²) in [6.45, 7) is 0. The van der Waals surface area contributed by atoms with Crippen molar-refractivity contribution in [3.05, 3.63) is 70.4 Å². The van der Waals surface area contributed by atoms with Gasteiger partial charge in [0, 0.05) is 32.3 Å². The zero-order chi connectivity index (χ0) is 24.8. The smallest absolute Gasteiger partial charge is 0.315 e. The van der Waals surface area contributed by atoms with E-state index >= 15 is 0 Å². The van der Waals surface area contributed by atoms with Crippen molar-refractivity contribution in [3.63, 3.8) is 0 Å². The molecule has 4 heterocycles. The summed E-state index contributed by atoms with van der Waals surface area (Å²) in [7, 11) is 1.24. The molecule has 36 heavy (non-hydrogen) atoms. The van der Waals surface area contributed by atoms with Gasteiger partial charge in [0.25, 0.3) is 0 Å². The molecule has 0 saturated carbocycles. The fourth-order valence-electron chi connectivity index (χ4n) is 4.13. The zero-order valence-electron chi connectivity index (χ0n) is 18.8. The number of ether oxygens (including phenoxy) is 1. The molecule has 0 aliphatic heterocycles. The molecule has 0 aliphatic rings. The molecule has 0 fully saturated rings. The minimum Gasteiger partial charge on any atom is -0.469 e. The van der Waals surface area contributed by atoms with Crippen LogP contribution in [-0.4, -0.2) is 19.0 Å². The lowest BCUT2D eigenvalue weighted by Crippen LogP contribution is -2.17. The molecule has 10 heteroatoms. The Kier molecular flexibility index (Phi) is 5.39. The normalized spacial score (nSPS) is 12.1. The molecular formula is C26H17N3O5S2. The summed E-state index contributed by atoms with van der Waals surface area (Å²) in [6.07, 6.45) is -0.403. The van der Waals surface area contributed by atoms with Crippen LogP contribution >= 0.6 is 22.7 Å². The number of nitrogens with zero attached hydrogens (tertiary/aromatic N) is 1. The van der Waals surface area contributed by atoms with E-state index in [1.807, 2.05) is 59.3 Å². The van der Waals surface area contributed by atoms with E-state index < -0.39 is 18.3 Å². The van der Waals surface area contributed by atoms with Crippen LogP contribution < -0.4 is 16.4 Å². The number of methoxy groups -OCH3 is 1. The lowest BCUT2D eigenvalue weighted by Gasteiger charge is -2.05. The van der Waals surface area contributed by atoms with Crippen molar-refractivity contribution in [1.29, 1.82) is 5.41 Å². The number of carbonyl (C=O) groups is 2. The number of rotatable bonds is 4. The maximum Gasteiger partial charge on any atom is 0.315 e. The number of anilines is 1. The van der Waals surface area contributed by atoms with Gasteiger partial charge < -0.3 is 18.9 Å². The number of benzene rings is 2. The highest BCUT2D eigenvalue weighted by molar-refractivity contribution is 7.16. The second kappa shape index (κ2) is 8.74. The molecule has 178 valence electrons. The fraction of sp³-hybridized carbons (Fsp3) is 0.0769. The Morgan fingerprint density at radius 3 is 2.28 bits per heavy atom. The van der Waals surface area contributed by atoms with Crippen LogP contribution in [0.15, 0.2) is 73.1 Å². The van der Waals surface area contributed by atoms with Crippen LogP contribution in [0.5, 0.6) is 0 Å². The van der Waals surface area contributed by atoms with Crippen molar-refractivity contribution in [2.24, 2.45) is 4.99 Å². The highest BCUT2D eigenvalue weighted by atomic mass is 32.1. The molecule has 6 rings (SSSR count). The van der Waals surface area contributed by atoms with Crippen LogP contribution in [0.25, 0.3) is 43.5 Å². The Balaban J connectivity index is 1.61. The zero-order valence-corrected chi connectivity index (χ0v) is 20.4. The average Bonchev–Trinajstić information content (AvgIpc) is 3.49. The molecule has 8 nitrogen and oxygen atoms in total. The van der Waals surface area contributed by atoms with Crippen LogP contribution in [0.2, 0.25) is 0 Å². The molecule has 0 unspecified atom stereocenters. The highest BCUT2D eigenvalue weighted by Gasteiger charge is 2.18. The van der Waals surface area contributed by atoms with Crippen LogP contribution in [0.1, 0.15) is 6.42 Å². The monoisotopic (exact) mass is 515 g/mol. The number of para-hydroxylation sites is 2. The molecule has 0 radical (unpaired) electrons. The number of hydrogen-bond donors (Lipinski definition) is 2. The van der Waals surface area contributed by atoms with Gasteiger partial charge in [0.1, 0.15) is 27.6 Å². The predicted molar refractivity (Wildman–Crippen MR) is 140 cm³/mol. The Bertz CT molecular complexity index is 1960. The number of thiophene rings is 2. The number of esters is 1. The topological polar surface area (TPSA) is 118 Å². The minimum absolute atomic E-state index is 0.0117. The van der Waals surface area contributed by atoms with Crippen molar-refractivity contribution in [1.82, 2.24) is 0 Å². The molecule has 6 aromatic rings. The van der Waals surface area contributed by atoms with E-state index in [1.54, 1.807) is 0 Å². The first-order valence-corrected chi connectivity index (χ1v) is 12.6. The Morgan fingerprint density at radius 1 is 0.917 bits per heavy atom. The summed E-state index contributed by atoms with van der Waals surface area (Å²) < 4.78 is 16.6. The molecule has 0 atom stereocenters. The number of carbonyl (C=O) groups excluding carboxylic acids is 2. The predicted octanol–water partition coefficient (Wildman–Crippen LogP) is 5.82. The molecule has 2 N–H and O–H groups in total. The van der Waals surface area contributed by atoms with Gasteiger partial charge in [-0.1, -0.05) is 36.4 Å². The number of hydrogen-bond acceptors (Lipinski definition) is 9. The van der Waals surface area contributed by atoms with Gasteiger partial charge in [-0.15, -0.1) is 22.7 Å². The van der Waals surface area contributed by atoms with Crippen LogP contribution in [0.4, 0.5) is 10.0 Å². The van der Waals surface area contributed by atoms with Gasteiger partial charge >= 0.3 is 5.97 Å². The second-order valence-electron chi connectivity index (χ2n) is 7.93. The van der Waals surface area contributed by atoms with E-state index in [0.29, 0.717) is 31.9 Å². The maximum atomic E-state index is 12.5.